The number of benzene rings is 1. The molecule has 3 rings (SSSR count). The van der Waals surface area contributed by atoms with Crippen LogP contribution in [0.2, 0.25) is 0 Å². The molecule has 1 aromatic rings. The largest absolute Gasteiger partial charge is 0.290 e. The van der Waals surface area contributed by atoms with Crippen LogP contribution in [0, 0.1) is 38.7 Å². The van der Waals surface area contributed by atoms with E-state index in [-0.39, 0.29) is 23.7 Å². The summed E-state index contributed by atoms with van der Waals surface area (Å²) < 4.78 is 0. The third kappa shape index (κ3) is 3.44. The van der Waals surface area contributed by atoms with Gasteiger partial charge in [0.15, 0.2) is 0 Å². The average molecular weight is 338 g/mol. The normalized spacial score (nSPS) is 26.8. The summed E-state index contributed by atoms with van der Waals surface area (Å²) >= 11 is 0. The highest BCUT2D eigenvalue weighted by Crippen LogP contribution is 2.38. The lowest BCUT2D eigenvalue weighted by molar-refractivity contribution is -0.384. The van der Waals surface area contributed by atoms with Gasteiger partial charge in [-0.05, 0) is 31.4 Å². The smallest absolute Gasteiger partial charge is 0.269 e. The summed E-state index contributed by atoms with van der Waals surface area (Å²) in [5, 5.41) is 33.4. The van der Waals surface area contributed by atoms with Crippen molar-refractivity contribution < 1.29 is 4.92 Å². The van der Waals surface area contributed by atoms with Crippen LogP contribution in [0.4, 0.5) is 11.4 Å². The van der Waals surface area contributed by atoms with Gasteiger partial charge in [-0.1, -0.05) is 0 Å². The number of nitrogens with zero attached hydrogens (tertiary/aromatic N) is 5. The molecule has 2 aliphatic rings. The fraction of sp³-hybridized carbons (Fsp3) is 0.471. The molecule has 0 aliphatic carbocycles. The van der Waals surface area contributed by atoms with Crippen molar-refractivity contribution >= 4 is 17.1 Å². The molecule has 2 bridgehead atoms. The Morgan fingerprint density at radius 1 is 1.36 bits per heavy atom. The molecule has 128 valence electrons. The fourth-order valence-electron chi connectivity index (χ4n) is 3.72. The number of hydrogen-bond donors (Lipinski definition) is 1. The minimum Gasteiger partial charge on any atom is -0.290 e. The van der Waals surface area contributed by atoms with Gasteiger partial charge in [-0.25, -0.2) is 0 Å². The summed E-state index contributed by atoms with van der Waals surface area (Å²) in [6.07, 6.45) is 2.86. The first kappa shape index (κ1) is 16.9. The third-order valence-electron chi connectivity index (χ3n) is 4.90. The Morgan fingerprint density at radius 3 is 2.76 bits per heavy atom. The van der Waals surface area contributed by atoms with E-state index in [1.807, 2.05) is 0 Å². The van der Waals surface area contributed by atoms with E-state index in [1.165, 1.54) is 12.1 Å². The molecule has 25 heavy (non-hydrogen) atoms. The van der Waals surface area contributed by atoms with Crippen LogP contribution < -0.4 is 5.43 Å². The molecular weight excluding hydrogens is 320 g/mol. The van der Waals surface area contributed by atoms with Gasteiger partial charge in [0.2, 0.25) is 0 Å². The highest BCUT2D eigenvalue weighted by Gasteiger charge is 2.46. The Labute approximate surface area is 145 Å². The first-order chi connectivity index (χ1) is 12.1. The monoisotopic (exact) mass is 338 g/mol. The number of hydrogen-bond acceptors (Lipinski definition) is 7. The van der Waals surface area contributed by atoms with Gasteiger partial charge in [-0.3, -0.25) is 20.4 Å². The van der Waals surface area contributed by atoms with Crippen molar-refractivity contribution in [1.29, 1.82) is 10.5 Å². The lowest BCUT2D eigenvalue weighted by atomic mass is 9.98. The summed E-state index contributed by atoms with van der Waals surface area (Å²) in [5.41, 5.74) is 4.66. The van der Waals surface area contributed by atoms with Crippen molar-refractivity contribution in [1.82, 2.24) is 4.90 Å². The standard InChI is InChI=1S/C17H18N6O2/c18-8-1-9-22-16-7-6-15(17(22)10-12(16)11-19)21-20-13-2-4-14(5-3-13)23(24)25/h2-5,12,16-17,20H,1,6-7,9-10H2/b21-15+. The summed E-state index contributed by atoms with van der Waals surface area (Å²) in [6.45, 7) is 0.653. The van der Waals surface area contributed by atoms with E-state index in [0.29, 0.717) is 18.7 Å². The van der Waals surface area contributed by atoms with Gasteiger partial charge in [0.05, 0.1) is 40.4 Å². The van der Waals surface area contributed by atoms with E-state index < -0.39 is 4.92 Å². The van der Waals surface area contributed by atoms with Gasteiger partial charge < -0.3 is 0 Å². The van der Waals surface area contributed by atoms with Gasteiger partial charge >= 0.3 is 0 Å². The zero-order valence-electron chi connectivity index (χ0n) is 13.6. The molecule has 8 heteroatoms. The molecule has 3 atom stereocenters. The number of anilines is 1. The van der Waals surface area contributed by atoms with Crippen LogP contribution in [-0.4, -0.2) is 34.2 Å². The first-order valence-electron chi connectivity index (χ1n) is 8.23. The Balaban J connectivity index is 1.73. The Bertz CT molecular complexity index is 761. The fourth-order valence-corrected chi connectivity index (χ4v) is 3.72. The van der Waals surface area contributed by atoms with Gasteiger partial charge in [-0.2, -0.15) is 15.6 Å². The molecule has 2 saturated heterocycles. The molecule has 2 aliphatic heterocycles. The molecular formula is C17H18N6O2. The Kier molecular flexibility index (Phi) is 4.92. The van der Waals surface area contributed by atoms with E-state index in [1.54, 1.807) is 12.1 Å². The van der Waals surface area contributed by atoms with Crippen molar-refractivity contribution in [2.24, 2.45) is 11.0 Å². The molecule has 8 nitrogen and oxygen atoms in total. The number of hydrazone groups is 1. The van der Waals surface area contributed by atoms with Crippen molar-refractivity contribution in [3.8, 4) is 12.1 Å². The van der Waals surface area contributed by atoms with Crippen molar-refractivity contribution in [3.63, 3.8) is 0 Å². The predicted molar refractivity (Wildman–Crippen MR) is 91.6 cm³/mol. The number of nitro groups is 1. The van der Waals surface area contributed by atoms with Crippen LogP contribution in [0.3, 0.4) is 0 Å². The van der Waals surface area contributed by atoms with E-state index >= 15 is 0 Å². The molecule has 2 heterocycles. The lowest BCUT2D eigenvalue weighted by Crippen LogP contribution is -2.46. The minimum absolute atomic E-state index is 0.0178. The zero-order chi connectivity index (χ0) is 17.8. The number of nitro benzene ring substituents is 1. The van der Waals surface area contributed by atoms with Crippen molar-refractivity contribution in [2.75, 3.05) is 12.0 Å². The van der Waals surface area contributed by atoms with Crippen molar-refractivity contribution in [3.05, 3.63) is 34.4 Å². The van der Waals surface area contributed by atoms with E-state index in [0.717, 1.165) is 25.0 Å². The van der Waals surface area contributed by atoms with E-state index in [4.69, 9.17) is 5.26 Å². The second kappa shape index (κ2) is 7.29. The summed E-state index contributed by atoms with van der Waals surface area (Å²) in [7, 11) is 0. The van der Waals surface area contributed by atoms with Gasteiger partial charge in [-0.15, -0.1) is 0 Å². The maximum atomic E-state index is 10.7. The minimum atomic E-state index is -0.440. The molecule has 0 saturated carbocycles. The lowest BCUT2D eigenvalue weighted by Gasteiger charge is -2.35. The zero-order valence-corrected chi connectivity index (χ0v) is 13.6. The number of non-ortho nitro benzene ring substituents is 1. The molecule has 0 spiro atoms. The Morgan fingerprint density at radius 2 is 2.12 bits per heavy atom. The highest BCUT2D eigenvalue weighted by molar-refractivity contribution is 5.91. The highest BCUT2D eigenvalue weighted by atomic mass is 16.6. The van der Waals surface area contributed by atoms with Crippen LogP contribution in [0.1, 0.15) is 25.7 Å². The van der Waals surface area contributed by atoms with Crippen LogP contribution in [0.5, 0.6) is 0 Å². The molecule has 1 aromatic carbocycles. The van der Waals surface area contributed by atoms with Crippen molar-refractivity contribution in [2.45, 2.75) is 37.8 Å². The molecule has 1 N–H and O–H groups in total. The summed E-state index contributed by atoms with van der Waals surface area (Å²) in [6, 6.07) is 11.0. The second-order valence-electron chi connectivity index (χ2n) is 6.26. The maximum Gasteiger partial charge on any atom is 0.269 e. The summed E-state index contributed by atoms with van der Waals surface area (Å²) in [5.74, 6) is -0.0178. The number of nitrogens with one attached hydrogen (secondary N) is 1. The van der Waals surface area contributed by atoms with Gasteiger partial charge in [0, 0.05) is 31.1 Å². The summed E-state index contributed by atoms with van der Waals surface area (Å²) in [4.78, 5) is 12.5. The molecule has 2 fully saturated rings. The quantitative estimate of drug-likeness (QED) is 0.651. The van der Waals surface area contributed by atoms with Crippen LogP contribution >= 0.6 is 0 Å². The molecule has 0 radical (unpaired) electrons. The van der Waals surface area contributed by atoms with E-state index in [2.05, 4.69) is 27.6 Å². The van der Waals surface area contributed by atoms with Gasteiger partial charge in [0.25, 0.3) is 5.69 Å². The topological polar surface area (TPSA) is 118 Å². The number of piperidine rings is 1. The first-order valence-corrected chi connectivity index (χ1v) is 8.23. The third-order valence-corrected chi connectivity index (χ3v) is 4.90. The Hall–Kier alpha value is -2.97. The number of nitriles is 2. The number of rotatable bonds is 5. The second-order valence-corrected chi connectivity index (χ2v) is 6.26. The van der Waals surface area contributed by atoms with Crippen LogP contribution in [0.25, 0.3) is 0 Å². The molecule has 0 amide bonds. The molecule has 0 aromatic heterocycles. The van der Waals surface area contributed by atoms with Gasteiger partial charge in [0.1, 0.15) is 0 Å². The average Bonchev–Trinajstić information content (AvgIpc) is 2.87. The maximum absolute atomic E-state index is 10.7. The SMILES string of the molecule is N#CCCN1C2CC(C#N)C1CC/C2=N\Nc1ccc([N+](=O)[O-])cc1. The number of fused-ring (bicyclic) bond motifs is 2. The molecule has 3 unspecified atom stereocenters. The van der Waals surface area contributed by atoms with E-state index in [9.17, 15) is 15.4 Å². The van der Waals surface area contributed by atoms with Crippen LogP contribution in [-0.2, 0) is 0 Å². The predicted octanol–water partition coefficient (Wildman–Crippen LogP) is 2.65. The van der Waals surface area contributed by atoms with Crippen LogP contribution in [0.15, 0.2) is 29.4 Å².